The summed E-state index contributed by atoms with van der Waals surface area (Å²) in [5.74, 6) is 2.46. The van der Waals surface area contributed by atoms with Gasteiger partial charge >= 0.3 is 0 Å². The molecule has 8 heteroatoms. The predicted octanol–water partition coefficient (Wildman–Crippen LogP) is 2.61. The number of nitrogens with one attached hydrogen (secondary N) is 1. The van der Waals surface area contributed by atoms with Crippen molar-refractivity contribution < 1.29 is 14.6 Å². The molecule has 0 radical (unpaired) electrons. The molecule has 1 fully saturated rings. The number of hydrogen-bond donors (Lipinski definition) is 2. The molecular formula is C22H39IN4O3. The predicted molar refractivity (Wildman–Crippen MR) is 134 cm³/mol. The molecule has 1 aliphatic rings. The van der Waals surface area contributed by atoms with Crippen LogP contribution >= 0.6 is 24.0 Å². The lowest BCUT2D eigenvalue weighted by molar-refractivity contribution is 0.0824. The summed E-state index contributed by atoms with van der Waals surface area (Å²) in [6.07, 6.45) is 3.62. The van der Waals surface area contributed by atoms with Gasteiger partial charge in [-0.2, -0.15) is 0 Å². The Balaban J connectivity index is 0.00000450. The minimum absolute atomic E-state index is 0. The van der Waals surface area contributed by atoms with Crippen LogP contribution in [0.4, 0.5) is 0 Å². The first kappa shape index (κ1) is 26.8. The van der Waals surface area contributed by atoms with Gasteiger partial charge in [-0.3, -0.25) is 4.99 Å². The van der Waals surface area contributed by atoms with E-state index in [0.717, 1.165) is 82.4 Å². The van der Waals surface area contributed by atoms with E-state index in [1.54, 1.807) is 14.2 Å². The number of likely N-dealkylation sites (tertiary alicyclic amines) is 1. The van der Waals surface area contributed by atoms with Gasteiger partial charge in [-0.15, -0.1) is 24.0 Å². The van der Waals surface area contributed by atoms with Crippen molar-refractivity contribution in [1.82, 2.24) is 15.1 Å². The molecule has 7 nitrogen and oxygen atoms in total. The molecule has 2 rings (SSSR count). The average molecular weight is 534 g/mol. The van der Waals surface area contributed by atoms with E-state index >= 15 is 0 Å². The maximum Gasteiger partial charge on any atom is 0.193 e. The molecule has 0 atom stereocenters. The Morgan fingerprint density at radius 2 is 1.93 bits per heavy atom. The molecule has 1 aromatic rings. The molecule has 0 unspecified atom stereocenters. The minimum atomic E-state index is -0.107. The van der Waals surface area contributed by atoms with Crippen LogP contribution in [0.2, 0.25) is 0 Å². The van der Waals surface area contributed by atoms with Crippen LogP contribution in [0, 0.1) is 0 Å². The first-order valence-corrected chi connectivity index (χ1v) is 10.7. The minimum Gasteiger partial charge on any atom is -0.493 e. The van der Waals surface area contributed by atoms with Crippen molar-refractivity contribution in [1.29, 1.82) is 0 Å². The molecule has 1 aliphatic heterocycles. The van der Waals surface area contributed by atoms with Crippen LogP contribution in [0.5, 0.6) is 11.5 Å². The van der Waals surface area contributed by atoms with Crippen molar-refractivity contribution in [3.05, 3.63) is 23.8 Å². The number of rotatable bonds is 10. The zero-order chi connectivity index (χ0) is 21.1. The normalized spacial score (nSPS) is 15.4. The van der Waals surface area contributed by atoms with E-state index in [9.17, 15) is 5.11 Å². The van der Waals surface area contributed by atoms with E-state index in [2.05, 4.69) is 35.2 Å². The fourth-order valence-corrected chi connectivity index (χ4v) is 3.53. The van der Waals surface area contributed by atoms with Crippen molar-refractivity contribution >= 4 is 29.9 Å². The fraction of sp³-hybridized carbons (Fsp3) is 0.682. The van der Waals surface area contributed by atoms with Gasteiger partial charge in [-0.1, -0.05) is 6.07 Å². The highest BCUT2D eigenvalue weighted by molar-refractivity contribution is 14.0. The van der Waals surface area contributed by atoms with Gasteiger partial charge in [0.05, 0.1) is 20.3 Å². The third-order valence-corrected chi connectivity index (χ3v) is 5.33. The molecule has 1 saturated heterocycles. The highest BCUT2D eigenvalue weighted by atomic mass is 127. The number of aliphatic imine (C=N–C) groups is 1. The molecule has 1 aromatic carbocycles. The molecule has 172 valence electrons. The summed E-state index contributed by atoms with van der Waals surface area (Å²) >= 11 is 0. The molecular weight excluding hydrogens is 495 g/mol. The summed E-state index contributed by atoms with van der Waals surface area (Å²) < 4.78 is 10.7. The van der Waals surface area contributed by atoms with Gasteiger partial charge in [-0.05, 0) is 56.8 Å². The number of halogens is 1. The van der Waals surface area contributed by atoms with Gasteiger partial charge in [0.25, 0.3) is 0 Å². The zero-order valence-electron chi connectivity index (χ0n) is 18.9. The lowest BCUT2D eigenvalue weighted by atomic mass is 10.1. The number of aliphatic hydroxyl groups is 1. The van der Waals surface area contributed by atoms with Crippen molar-refractivity contribution in [2.45, 2.75) is 38.7 Å². The number of guanidine groups is 1. The zero-order valence-corrected chi connectivity index (χ0v) is 21.2. The highest BCUT2D eigenvalue weighted by Gasteiger charge is 2.16. The van der Waals surface area contributed by atoms with Crippen LogP contribution in [0.3, 0.4) is 0 Å². The van der Waals surface area contributed by atoms with E-state index in [0.29, 0.717) is 0 Å². The Kier molecular flexibility index (Phi) is 13.1. The Bertz CT molecular complexity index is 637. The van der Waals surface area contributed by atoms with Crippen LogP contribution in [0.1, 0.15) is 31.7 Å². The second-order valence-corrected chi connectivity index (χ2v) is 7.52. The Hall–Kier alpha value is -1.26. The van der Waals surface area contributed by atoms with Crippen molar-refractivity contribution in [3.63, 3.8) is 0 Å². The third kappa shape index (κ3) is 8.85. The van der Waals surface area contributed by atoms with Crippen molar-refractivity contribution in [2.75, 3.05) is 60.5 Å². The molecule has 0 saturated carbocycles. The van der Waals surface area contributed by atoms with Gasteiger partial charge in [0.2, 0.25) is 0 Å². The summed E-state index contributed by atoms with van der Waals surface area (Å²) in [7, 11) is 5.39. The number of piperidine rings is 1. The summed E-state index contributed by atoms with van der Waals surface area (Å²) in [5.41, 5.74) is 1.21. The quantitative estimate of drug-likeness (QED) is 0.208. The van der Waals surface area contributed by atoms with Crippen molar-refractivity contribution in [3.8, 4) is 11.5 Å². The molecule has 0 amide bonds. The first-order chi connectivity index (χ1) is 14.1. The summed E-state index contributed by atoms with van der Waals surface area (Å²) in [5, 5.41) is 13.0. The molecule has 30 heavy (non-hydrogen) atoms. The van der Waals surface area contributed by atoms with Gasteiger partial charge < -0.3 is 29.7 Å². The standard InChI is InChI=1S/C22H38N4O3.HI/c1-5-23-22(24-12-6-13-26-15-10-19(27)11-16-26)25(2)14-9-18-7-8-20(28-3)21(17-18)29-4;/h7-8,17,19,27H,5-6,9-16H2,1-4H3,(H,23,24);1H. The SMILES string of the molecule is CCNC(=NCCCN1CCC(O)CC1)N(C)CCc1ccc(OC)c(OC)c1.I. The van der Waals surface area contributed by atoms with E-state index < -0.39 is 0 Å². The topological polar surface area (TPSA) is 69.6 Å². The van der Waals surface area contributed by atoms with Crippen LogP contribution in [-0.4, -0.2) is 87.5 Å². The number of likely N-dealkylation sites (N-methyl/N-ethyl adjacent to an activating group) is 1. The molecule has 0 aromatic heterocycles. The molecule has 0 aliphatic carbocycles. The number of hydrogen-bond acceptors (Lipinski definition) is 5. The van der Waals surface area contributed by atoms with Crippen LogP contribution in [0.25, 0.3) is 0 Å². The van der Waals surface area contributed by atoms with Crippen LogP contribution in [-0.2, 0) is 6.42 Å². The maximum absolute atomic E-state index is 9.60. The Labute approximate surface area is 198 Å². The summed E-state index contributed by atoms with van der Waals surface area (Å²) in [6.45, 7) is 7.66. The molecule has 0 bridgehead atoms. The van der Waals surface area contributed by atoms with E-state index in [1.807, 2.05) is 12.1 Å². The van der Waals surface area contributed by atoms with E-state index in [4.69, 9.17) is 14.5 Å². The largest absolute Gasteiger partial charge is 0.493 e. The summed E-state index contributed by atoms with van der Waals surface area (Å²) in [4.78, 5) is 9.40. The number of aliphatic hydroxyl groups excluding tert-OH is 1. The average Bonchev–Trinajstić information content (AvgIpc) is 2.75. The molecule has 2 N–H and O–H groups in total. The Morgan fingerprint density at radius 3 is 2.57 bits per heavy atom. The number of benzene rings is 1. The van der Waals surface area contributed by atoms with E-state index in [1.165, 1.54) is 5.56 Å². The lowest BCUT2D eigenvalue weighted by Gasteiger charge is -2.29. The van der Waals surface area contributed by atoms with Gasteiger partial charge in [0, 0.05) is 39.8 Å². The van der Waals surface area contributed by atoms with Gasteiger partial charge in [-0.25, -0.2) is 0 Å². The lowest BCUT2D eigenvalue weighted by Crippen LogP contribution is -2.40. The molecule has 1 heterocycles. The Morgan fingerprint density at radius 1 is 1.23 bits per heavy atom. The summed E-state index contributed by atoms with van der Waals surface area (Å²) in [6, 6.07) is 6.06. The number of methoxy groups -OCH3 is 2. The smallest absolute Gasteiger partial charge is 0.193 e. The first-order valence-electron chi connectivity index (χ1n) is 10.7. The fourth-order valence-electron chi connectivity index (χ4n) is 3.53. The molecule has 0 spiro atoms. The second-order valence-electron chi connectivity index (χ2n) is 7.52. The second kappa shape index (κ2) is 14.7. The van der Waals surface area contributed by atoms with Gasteiger partial charge in [0.15, 0.2) is 17.5 Å². The number of ether oxygens (including phenoxy) is 2. The highest BCUT2D eigenvalue weighted by Crippen LogP contribution is 2.27. The van der Waals surface area contributed by atoms with Crippen LogP contribution in [0.15, 0.2) is 23.2 Å². The monoisotopic (exact) mass is 534 g/mol. The third-order valence-electron chi connectivity index (χ3n) is 5.33. The number of nitrogens with zero attached hydrogens (tertiary/aromatic N) is 3. The van der Waals surface area contributed by atoms with Gasteiger partial charge in [0.1, 0.15) is 0 Å². The van der Waals surface area contributed by atoms with Crippen LogP contribution < -0.4 is 14.8 Å². The van der Waals surface area contributed by atoms with Crippen molar-refractivity contribution in [2.24, 2.45) is 4.99 Å². The van der Waals surface area contributed by atoms with E-state index in [-0.39, 0.29) is 30.1 Å². The maximum atomic E-state index is 9.60.